The highest BCUT2D eigenvalue weighted by Gasteiger charge is 2.40. The highest BCUT2D eigenvalue weighted by Crippen LogP contribution is 2.59. The van der Waals surface area contributed by atoms with E-state index in [1.807, 2.05) is 36.4 Å². The van der Waals surface area contributed by atoms with Gasteiger partial charge in [-0.15, -0.1) is 0 Å². The molecule has 0 unspecified atom stereocenters. The van der Waals surface area contributed by atoms with Crippen LogP contribution in [0.2, 0.25) is 0 Å². The lowest BCUT2D eigenvalue weighted by atomic mass is 9.86. The third kappa shape index (κ3) is 9.37. The highest BCUT2D eigenvalue weighted by atomic mass is 31.2. The van der Waals surface area contributed by atoms with Crippen molar-refractivity contribution in [1.29, 1.82) is 0 Å². The van der Waals surface area contributed by atoms with Crippen LogP contribution in [0.3, 0.4) is 0 Å². The Hall–Kier alpha value is -1.45. The number of rotatable bonds is 18. The standard InChI is InChI=1S/C28H44NO3P/c1-31-33(30,32-2)27(23-17-9-7-5-3-4-6-8-10-18-24-29)28(25-19-13-11-14-20-25)26-21-15-12-16-22-26/h11-16,19-22,27-28H,3-10,17-18,23-24,29H2,1-2H3/t27-/m1/s1. The fourth-order valence-corrected chi connectivity index (χ4v) is 6.62. The Labute approximate surface area is 201 Å². The van der Waals surface area contributed by atoms with Crippen LogP contribution in [0.4, 0.5) is 0 Å². The lowest BCUT2D eigenvalue weighted by Gasteiger charge is -2.32. The van der Waals surface area contributed by atoms with Crippen LogP contribution < -0.4 is 5.73 Å². The summed E-state index contributed by atoms with van der Waals surface area (Å²) in [5, 5.41) is 0. The number of hydrogen-bond donors (Lipinski definition) is 1. The summed E-state index contributed by atoms with van der Waals surface area (Å²) >= 11 is 0. The van der Waals surface area contributed by atoms with E-state index >= 15 is 0 Å². The maximum atomic E-state index is 13.7. The third-order valence-electron chi connectivity index (χ3n) is 6.57. The van der Waals surface area contributed by atoms with E-state index in [4.69, 9.17) is 14.8 Å². The van der Waals surface area contributed by atoms with Gasteiger partial charge in [0.1, 0.15) is 0 Å². The van der Waals surface area contributed by atoms with Crippen molar-refractivity contribution >= 4 is 7.60 Å². The van der Waals surface area contributed by atoms with Gasteiger partial charge in [0.15, 0.2) is 0 Å². The molecule has 0 aromatic heterocycles. The second-order valence-electron chi connectivity index (χ2n) is 8.88. The third-order valence-corrected chi connectivity index (χ3v) is 8.96. The van der Waals surface area contributed by atoms with Crippen molar-refractivity contribution in [1.82, 2.24) is 0 Å². The van der Waals surface area contributed by atoms with Crippen LogP contribution in [-0.2, 0) is 13.6 Å². The van der Waals surface area contributed by atoms with Crippen molar-refractivity contribution in [2.75, 3.05) is 20.8 Å². The van der Waals surface area contributed by atoms with Gasteiger partial charge in [-0.2, -0.15) is 0 Å². The molecule has 0 radical (unpaired) electrons. The molecule has 0 saturated carbocycles. The summed E-state index contributed by atoms with van der Waals surface area (Å²) < 4.78 is 24.8. The van der Waals surface area contributed by atoms with Gasteiger partial charge in [0.25, 0.3) is 0 Å². The monoisotopic (exact) mass is 473 g/mol. The largest absolute Gasteiger partial charge is 0.334 e. The van der Waals surface area contributed by atoms with Gasteiger partial charge < -0.3 is 14.8 Å². The number of unbranched alkanes of at least 4 members (excludes halogenated alkanes) is 9. The zero-order chi connectivity index (χ0) is 23.8. The fourth-order valence-electron chi connectivity index (χ4n) is 4.72. The van der Waals surface area contributed by atoms with Gasteiger partial charge in [0.05, 0.1) is 5.66 Å². The van der Waals surface area contributed by atoms with Gasteiger partial charge in [0.2, 0.25) is 0 Å². The Morgan fingerprint density at radius 3 is 1.45 bits per heavy atom. The summed E-state index contributed by atoms with van der Waals surface area (Å²) in [5.41, 5.74) is 7.63. The Balaban J connectivity index is 1.99. The molecule has 0 bridgehead atoms. The molecule has 2 aromatic rings. The van der Waals surface area contributed by atoms with Crippen molar-refractivity contribution in [3.05, 3.63) is 71.8 Å². The lowest BCUT2D eigenvalue weighted by molar-refractivity contribution is 0.259. The molecule has 2 aromatic carbocycles. The lowest BCUT2D eigenvalue weighted by Crippen LogP contribution is -2.22. The van der Waals surface area contributed by atoms with Crippen molar-refractivity contribution in [3.63, 3.8) is 0 Å². The highest BCUT2D eigenvalue weighted by molar-refractivity contribution is 7.54. The topological polar surface area (TPSA) is 61.5 Å². The predicted molar refractivity (Wildman–Crippen MR) is 140 cm³/mol. The first-order chi connectivity index (χ1) is 16.2. The molecule has 2 rings (SSSR count). The summed E-state index contributed by atoms with van der Waals surface area (Å²) in [4.78, 5) is 0. The molecule has 0 aliphatic heterocycles. The first kappa shape index (κ1) is 27.8. The van der Waals surface area contributed by atoms with E-state index in [0.29, 0.717) is 0 Å². The van der Waals surface area contributed by atoms with Crippen molar-refractivity contribution in [2.45, 2.75) is 82.2 Å². The van der Waals surface area contributed by atoms with Gasteiger partial charge in [0, 0.05) is 20.1 Å². The van der Waals surface area contributed by atoms with Gasteiger partial charge in [-0.25, -0.2) is 0 Å². The zero-order valence-electron chi connectivity index (χ0n) is 20.7. The molecule has 0 fully saturated rings. The van der Waals surface area contributed by atoms with Crippen LogP contribution in [0.1, 0.15) is 87.7 Å². The summed E-state index contributed by atoms with van der Waals surface area (Å²) in [5.74, 6) is -0.0355. The molecule has 0 spiro atoms. The van der Waals surface area contributed by atoms with Crippen LogP contribution >= 0.6 is 7.60 Å². The Bertz CT molecular complexity index is 737. The average Bonchev–Trinajstić information content (AvgIpc) is 2.87. The maximum absolute atomic E-state index is 13.7. The first-order valence-corrected chi connectivity index (χ1v) is 14.3. The number of benzene rings is 2. The van der Waals surface area contributed by atoms with Crippen molar-refractivity contribution in [3.8, 4) is 0 Å². The Kier molecular flexibility index (Phi) is 13.7. The average molecular weight is 474 g/mol. The summed E-state index contributed by atoms with van der Waals surface area (Å²) in [6, 6.07) is 20.7. The molecule has 0 amide bonds. The zero-order valence-corrected chi connectivity index (χ0v) is 21.6. The van der Waals surface area contributed by atoms with Gasteiger partial charge in [-0.1, -0.05) is 118 Å². The van der Waals surface area contributed by atoms with E-state index < -0.39 is 7.60 Å². The molecule has 2 N–H and O–H groups in total. The van der Waals surface area contributed by atoms with Crippen LogP contribution in [0.5, 0.6) is 0 Å². The van der Waals surface area contributed by atoms with E-state index in [0.717, 1.165) is 43.4 Å². The van der Waals surface area contributed by atoms with Crippen LogP contribution in [0.25, 0.3) is 0 Å². The minimum atomic E-state index is -3.27. The first-order valence-electron chi connectivity index (χ1n) is 12.7. The quantitative estimate of drug-likeness (QED) is 0.176. The van der Waals surface area contributed by atoms with Crippen molar-refractivity contribution < 1.29 is 13.6 Å². The SMILES string of the molecule is COP(=O)(OC)[C@H](CCCCCCCCCCCCN)C(c1ccccc1)c1ccccc1. The molecule has 0 saturated heterocycles. The molecule has 1 atom stereocenters. The summed E-state index contributed by atoms with van der Waals surface area (Å²) in [7, 11) is -0.244. The molecule has 0 heterocycles. The van der Waals surface area contributed by atoms with Gasteiger partial charge in [-0.05, 0) is 30.5 Å². The molecule has 0 aliphatic carbocycles. The number of hydrogen-bond acceptors (Lipinski definition) is 4. The van der Waals surface area contributed by atoms with Gasteiger partial charge in [-0.3, -0.25) is 4.57 Å². The van der Waals surface area contributed by atoms with Crippen molar-refractivity contribution in [2.24, 2.45) is 5.73 Å². The van der Waals surface area contributed by atoms with E-state index in [1.54, 1.807) is 0 Å². The molecule has 0 aliphatic rings. The second-order valence-corrected chi connectivity index (χ2v) is 11.4. The normalized spacial score (nSPS) is 12.8. The van der Waals surface area contributed by atoms with E-state index in [-0.39, 0.29) is 11.6 Å². The van der Waals surface area contributed by atoms with E-state index in [2.05, 4.69) is 24.3 Å². The Morgan fingerprint density at radius 1 is 0.667 bits per heavy atom. The fraction of sp³-hybridized carbons (Fsp3) is 0.571. The molecular weight excluding hydrogens is 429 g/mol. The minimum absolute atomic E-state index is 0.0355. The molecule has 5 heteroatoms. The van der Waals surface area contributed by atoms with E-state index in [1.165, 1.54) is 59.2 Å². The minimum Gasteiger partial charge on any atom is -0.330 e. The van der Waals surface area contributed by atoms with Crippen LogP contribution in [0, 0.1) is 0 Å². The smallest absolute Gasteiger partial charge is 0.330 e. The molecular formula is C28H44NO3P. The number of nitrogens with two attached hydrogens (primary N) is 1. The molecule has 33 heavy (non-hydrogen) atoms. The maximum Gasteiger partial charge on any atom is 0.334 e. The summed E-state index contributed by atoms with van der Waals surface area (Å²) in [6.07, 6.45) is 13.1. The molecule has 4 nitrogen and oxygen atoms in total. The second kappa shape index (κ2) is 16.2. The molecule has 184 valence electrons. The van der Waals surface area contributed by atoms with E-state index in [9.17, 15) is 4.57 Å². The van der Waals surface area contributed by atoms with Gasteiger partial charge >= 0.3 is 7.60 Å². The van der Waals surface area contributed by atoms with Crippen LogP contribution in [-0.4, -0.2) is 26.4 Å². The summed E-state index contributed by atoms with van der Waals surface area (Å²) in [6.45, 7) is 0.815. The predicted octanol–water partition coefficient (Wildman–Crippen LogP) is 7.92. The van der Waals surface area contributed by atoms with Crippen LogP contribution in [0.15, 0.2) is 60.7 Å². The Morgan fingerprint density at radius 2 is 1.06 bits per heavy atom.